The van der Waals surface area contributed by atoms with Crippen LogP contribution in [0.2, 0.25) is 0 Å². The van der Waals surface area contributed by atoms with Crippen molar-refractivity contribution in [2.45, 2.75) is 11.8 Å². The van der Waals surface area contributed by atoms with E-state index in [0.717, 1.165) is 25.1 Å². The van der Waals surface area contributed by atoms with Gasteiger partial charge in [0, 0.05) is 12.0 Å². The highest BCUT2D eigenvalue weighted by Gasteiger charge is 2.59. The molecular formula is C11H12F2N2. The minimum atomic E-state index is -0.766. The van der Waals surface area contributed by atoms with Gasteiger partial charge in [-0.25, -0.2) is 0 Å². The molecule has 2 nitrogen and oxygen atoms in total. The summed E-state index contributed by atoms with van der Waals surface area (Å²) in [6, 6.07) is 6.80. The lowest BCUT2D eigenvalue weighted by Gasteiger charge is -2.16. The highest BCUT2D eigenvalue weighted by Crippen LogP contribution is 2.58. The van der Waals surface area contributed by atoms with Crippen LogP contribution in [-0.2, 0) is 5.41 Å². The highest BCUT2D eigenvalue weighted by atomic mass is 19.4. The fourth-order valence-corrected chi connectivity index (χ4v) is 2.80. The zero-order valence-electron chi connectivity index (χ0n) is 8.21. The first-order valence-corrected chi connectivity index (χ1v) is 5.16. The van der Waals surface area contributed by atoms with Gasteiger partial charge in [-0.1, -0.05) is 27.2 Å². The van der Waals surface area contributed by atoms with Crippen LogP contribution in [0.4, 0.5) is 14.6 Å². The van der Waals surface area contributed by atoms with Gasteiger partial charge in [-0.15, -0.1) is 0 Å². The van der Waals surface area contributed by atoms with E-state index >= 15 is 0 Å². The molecule has 1 aromatic carbocycles. The standard InChI is InChI=1S/C11H12F2N2/c12-15(13)10-4-2-1-3-9(10)11-5-8(11)6-14-7-11/h1-4,8,14H,5-7H2/t8-,11-/m1/s1. The second-order valence-corrected chi connectivity index (χ2v) is 4.44. The van der Waals surface area contributed by atoms with Crippen molar-refractivity contribution in [1.82, 2.24) is 5.32 Å². The molecule has 1 saturated carbocycles. The van der Waals surface area contributed by atoms with Crippen molar-refractivity contribution >= 4 is 5.69 Å². The monoisotopic (exact) mass is 210 g/mol. The Hall–Kier alpha value is -1.16. The number of anilines is 1. The Kier molecular flexibility index (Phi) is 1.77. The van der Waals surface area contributed by atoms with Crippen LogP contribution in [0.3, 0.4) is 0 Å². The lowest BCUT2D eigenvalue weighted by Crippen LogP contribution is -2.20. The average Bonchev–Trinajstić information content (AvgIpc) is 2.82. The molecule has 2 atom stereocenters. The van der Waals surface area contributed by atoms with Crippen molar-refractivity contribution in [2.75, 3.05) is 18.4 Å². The molecule has 0 radical (unpaired) electrons. The van der Waals surface area contributed by atoms with E-state index in [4.69, 9.17) is 0 Å². The Morgan fingerprint density at radius 3 is 2.73 bits per heavy atom. The molecule has 0 bridgehead atoms. The summed E-state index contributed by atoms with van der Waals surface area (Å²) >= 11 is 0. The summed E-state index contributed by atoms with van der Waals surface area (Å²) in [7, 11) is 0. The van der Waals surface area contributed by atoms with E-state index in [0.29, 0.717) is 5.92 Å². The molecule has 1 saturated heterocycles. The van der Waals surface area contributed by atoms with E-state index < -0.39 is 5.34 Å². The summed E-state index contributed by atoms with van der Waals surface area (Å²) in [5, 5.41) is 2.50. The van der Waals surface area contributed by atoms with E-state index in [2.05, 4.69) is 5.32 Å². The third kappa shape index (κ3) is 1.17. The maximum absolute atomic E-state index is 12.7. The third-order valence-electron chi connectivity index (χ3n) is 3.69. The molecule has 1 aromatic rings. The lowest BCUT2D eigenvalue weighted by molar-refractivity contribution is 0.233. The smallest absolute Gasteiger partial charge is 0.109 e. The molecule has 2 fully saturated rings. The fourth-order valence-electron chi connectivity index (χ4n) is 2.80. The first kappa shape index (κ1) is 9.09. The predicted molar refractivity (Wildman–Crippen MR) is 53.8 cm³/mol. The summed E-state index contributed by atoms with van der Waals surface area (Å²) in [5.41, 5.74) is 0.848. The molecule has 4 heteroatoms. The Balaban J connectivity index is 2.05. The quantitative estimate of drug-likeness (QED) is 0.752. The zero-order valence-corrected chi connectivity index (χ0v) is 8.21. The molecule has 1 aliphatic heterocycles. The van der Waals surface area contributed by atoms with Crippen LogP contribution in [0, 0.1) is 5.92 Å². The highest BCUT2D eigenvalue weighted by molar-refractivity contribution is 5.57. The van der Waals surface area contributed by atoms with Crippen LogP contribution in [-0.4, -0.2) is 13.1 Å². The van der Waals surface area contributed by atoms with Crippen molar-refractivity contribution < 1.29 is 8.96 Å². The molecule has 1 heterocycles. The number of hydrogen-bond acceptors (Lipinski definition) is 2. The van der Waals surface area contributed by atoms with Gasteiger partial charge in [0.2, 0.25) is 0 Å². The van der Waals surface area contributed by atoms with E-state index in [1.807, 2.05) is 12.1 Å². The van der Waals surface area contributed by atoms with Gasteiger partial charge in [-0.05, 0) is 35.9 Å². The Bertz CT molecular complexity index is 394. The van der Waals surface area contributed by atoms with E-state index in [1.54, 1.807) is 6.07 Å². The number of benzene rings is 1. The third-order valence-corrected chi connectivity index (χ3v) is 3.69. The first-order chi connectivity index (χ1) is 7.24. The van der Waals surface area contributed by atoms with E-state index in [-0.39, 0.29) is 11.1 Å². The van der Waals surface area contributed by atoms with Crippen molar-refractivity contribution in [3.63, 3.8) is 0 Å². The molecule has 1 N–H and O–H groups in total. The molecule has 0 aromatic heterocycles. The van der Waals surface area contributed by atoms with Gasteiger partial charge in [0.15, 0.2) is 0 Å². The minimum Gasteiger partial charge on any atom is -0.316 e. The van der Waals surface area contributed by atoms with Crippen molar-refractivity contribution in [3.05, 3.63) is 29.8 Å². The number of nitrogens with one attached hydrogen (secondary N) is 1. The van der Waals surface area contributed by atoms with Crippen LogP contribution in [0.1, 0.15) is 12.0 Å². The molecule has 1 aliphatic carbocycles. The molecule has 80 valence electrons. The molecular weight excluding hydrogens is 198 g/mol. The van der Waals surface area contributed by atoms with Gasteiger partial charge in [0.1, 0.15) is 5.69 Å². The van der Waals surface area contributed by atoms with Crippen LogP contribution < -0.4 is 10.7 Å². The molecule has 0 amide bonds. The largest absolute Gasteiger partial charge is 0.316 e. The average molecular weight is 210 g/mol. The number of rotatable bonds is 2. The van der Waals surface area contributed by atoms with Crippen LogP contribution >= 0.6 is 0 Å². The number of para-hydroxylation sites is 1. The Labute approximate surface area is 86.8 Å². The zero-order chi connectivity index (χ0) is 10.5. The van der Waals surface area contributed by atoms with Crippen LogP contribution in [0.15, 0.2) is 24.3 Å². The first-order valence-electron chi connectivity index (χ1n) is 5.16. The maximum Gasteiger partial charge on any atom is 0.109 e. The van der Waals surface area contributed by atoms with E-state index in [1.165, 1.54) is 6.07 Å². The van der Waals surface area contributed by atoms with Gasteiger partial charge in [0.25, 0.3) is 0 Å². The van der Waals surface area contributed by atoms with Gasteiger partial charge in [-0.3, -0.25) is 0 Å². The Morgan fingerprint density at radius 2 is 2.13 bits per heavy atom. The molecule has 0 spiro atoms. The van der Waals surface area contributed by atoms with Gasteiger partial charge < -0.3 is 5.32 Å². The van der Waals surface area contributed by atoms with Gasteiger partial charge in [0.05, 0.1) is 0 Å². The summed E-state index contributed by atoms with van der Waals surface area (Å²) in [5.74, 6) is 0.554. The SMILES string of the molecule is FN(F)c1ccccc1[C@]12CNC[C@H]1C2. The van der Waals surface area contributed by atoms with Crippen LogP contribution in [0.25, 0.3) is 0 Å². The molecule has 2 aliphatic rings. The number of piperidine rings is 1. The Morgan fingerprint density at radius 1 is 1.33 bits per heavy atom. The van der Waals surface area contributed by atoms with Crippen molar-refractivity contribution in [3.8, 4) is 0 Å². The number of halogens is 2. The molecule has 15 heavy (non-hydrogen) atoms. The van der Waals surface area contributed by atoms with Gasteiger partial charge >= 0.3 is 0 Å². The predicted octanol–water partition coefficient (Wildman–Crippen LogP) is 2.12. The lowest BCUT2D eigenvalue weighted by atomic mass is 9.93. The van der Waals surface area contributed by atoms with Crippen molar-refractivity contribution in [1.29, 1.82) is 0 Å². The number of fused-ring (bicyclic) bond motifs is 1. The fraction of sp³-hybridized carbons (Fsp3) is 0.455. The maximum atomic E-state index is 12.7. The topological polar surface area (TPSA) is 15.3 Å². The second kappa shape index (κ2) is 2.92. The molecule has 3 rings (SSSR count). The summed E-state index contributed by atoms with van der Waals surface area (Å²) in [6.07, 6.45) is 1.05. The second-order valence-electron chi connectivity index (χ2n) is 4.44. The number of hydrogen-bond donors (Lipinski definition) is 1. The summed E-state index contributed by atoms with van der Waals surface area (Å²) in [4.78, 5) is 0. The number of nitrogens with zero attached hydrogens (tertiary/aromatic N) is 1. The van der Waals surface area contributed by atoms with Crippen LogP contribution in [0.5, 0.6) is 0 Å². The van der Waals surface area contributed by atoms with Crippen molar-refractivity contribution in [2.24, 2.45) is 5.92 Å². The summed E-state index contributed by atoms with van der Waals surface area (Å²) < 4.78 is 25.4. The molecule has 0 unspecified atom stereocenters. The summed E-state index contributed by atoms with van der Waals surface area (Å²) in [6.45, 7) is 1.80. The normalized spacial score (nSPS) is 32.5. The van der Waals surface area contributed by atoms with E-state index in [9.17, 15) is 8.96 Å². The minimum absolute atomic E-state index is 0.00692. The van der Waals surface area contributed by atoms with Gasteiger partial charge in [-0.2, -0.15) is 0 Å².